The van der Waals surface area contributed by atoms with Crippen molar-refractivity contribution >= 4 is 0 Å². The van der Waals surface area contributed by atoms with Crippen molar-refractivity contribution in [3.8, 4) is 0 Å². The average Bonchev–Trinajstić information content (AvgIpc) is 2.17. The highest BCUT2D eigenvalue weighted by atomic mass is 19.4. The van der Waals surface area contributed by atoms with Crippen molar-refractivity contribution in [2.75, 3.05) is 6.54 Å². The molecule has 15 heavy (non-hydrogen) atoms. The van der Waals surface area contributed by atoms with Crippen molar-refractivity contribution in [3.05, 3.63) is 29.6 Å². The summed E-state index contributed by atoms with van der Waals surface area (Å²) in [5.41, 5.74) is 4.74. The first-order valence-corrected chi connectivity index (χ1v) is 4.69. The summed E-state index contributed by atoms with van der Waals surface area (Å²) in [7, 11) is 0. The van der Waals surface area contributed by atoms with Crippen LogP contribution in [0.25, 0.3) is 0 Å². The fraction of sp³-hybridized carbons (Fsp3) is 0.500. The maximum Gasteiger partial charge on any atom is 0.433 e. The average molecular weight is 218 g/mol. The van der Waals surface area contributed by atoms with Crippen molar-refractivity contribution in [3.63, 3.8) is 0 Å². The molecule has 0 aliphatic carbocycles. The first-order chi connectivity index (χ1) is 6.96. The van der Waals surface area contributed by atoms with Crippen molar-refractivity contribution in [2.45, 2.75) is 25.4 Å². The Kier molecular flexibility index (Phi) is 3.68. The maximum atomic E-state index is 12.6. The van der Waals surface area contributed by atoms with Gasteiger partial charge >= 0.3 is 6.18 Å². The van der Waals surface area contributed by atoms with E-state index in [1.807, 2.05) is 0 Å². The fourth-order valence-corrected chi connectivity index (χ4v) is 1.46. The standard InChI is InChI=1S/C10H13F3N2/c1-7(4-5-14)8-3-2-6-15-9(8)10(11,12)13/h2-3,6-7H,4-5,14H2,1H3. The minimum atomic E-state index is -4.39. The van der Waals surface area contributed by atoms with Gasteiger partial charge in [-0.1, -0.05) is 13.0 Å². The van der Waals surface area contributed by atoms with Gasteiger partial charge in [-0.25, -0.2) is 0 Å². The molecule has 0 saturated carbocycles. The van der Waals surface area contributed by atoms with Crippen molar-refractivity contribution in [1.29, 1.82) is 0 Å². The number of hydrogen-bond acceptors (Lipinski definition) is 2. The molecule has 5 heteroatoms. The van der Waals surface area contributed by atoms with Gasteiger partial charge in [0.15, 0.2) is 0 Å². The Morgan fingerprint density at radius 1 is 1.47 bits per heavy atom. The molecule has 1 atom stereocenters. The van der Waals surface area contributed by atoms with Gasteiger partial charge in [-0.15, -0.1) is 0 Å². The van der Waals surface area contributed by atoms with Crippen LogP contribution in [-0.2, 0) is 6.18 Å². The Hall–Kier alpha value is -1.10. The molecular weight excluding hydrogens is 205 g/mol. The molecule has 0 fully saturated rings. The molecule has 2 N–H and O–H groups in total. The second-order valence-corrected chi connectivity index (χ2v) is 3.42. The van der Waals surface area contributed by atoms with Crippen molar-refractivity contribution < 1.29 is 13.2 Å². The number of nitrogens with zero attached hydrogens (tertiary/aromatic N) is 1. The van der Waals surface area contributed by atoms with Gasteiger partial charge in [0.1, 0.15) is 5.69 Å². The first-order valence-electron chi connectivity index (χ1n) is 4.69. The monoisotopic (exact) mass is 218 g/mol. The summed E-state index contributed by atoms with van der Waals surface area (Å²) in [6, 6.07) is 2.97. The van der Waals surface area contributed by atoms with E-state index in [1.54, 1.807) is 6.92 Å². The lowest BCUT2D eigenvalue weighted by molar-refractivity contribution is -0.142. The van der Waals surface area contributed by atoms with E-state index in [-0.39, 0.29) is 11.5 Å². The Balaban J connectivity index is 3.06. The molecule has 0 saturated heterocycles. The highest BCUT2D eigenvalue weighted by Crippen LogP contribution is 2.34. The number of halogens is 3. The zero-order valence-corrected chi connectivity index (χ0v) is 8.38. The van der Waals surface area contributed by atoms with Gasteiger partial charge in [0.25, 0.3) is 0 Å². The number of pyridine rings is 1. The SMILES string of the molecule is CC(CCN)c1cccnc1C(F)(F)F. The lowest BCUT2D eigenvalue weighted by Crippen LogP contribution is -2.14. The smallest absolute Gasteiger partial charge is 0.330 e. The van der Waals surface area contributed by atoms with Gasteiger partial charge in [-0.05, 0) is 30.5 Å². The third kappa shape index (κ3) is 2.92. The summed E-state index contributed by atoms with van der Waals surface area (Å²) in [6.45, 7) is 2.09. The van der Waals surface area contributed by atoms with Crippen LogP contribution in [0.1, 0.15) is 30.5 Å². The predicted molar refractivity (Wildman–Crippen MR) is 51.3 cm³/mol. The normalized spacial score (nSPS) is 13.9. The van der Waals surface area contributed by atoms with E-state index in [0.717, 1.165) is 6.20 Å². The molecule has 0 aromatic carbocycles. The molecule has 1 unspecified atom stereocenters. The molecule has 2 nitrogen and oxygen atoms in total. The molecular formula is C10H13F3N2. The van der Waals surface area contributed by atoms with Crippen LogP contribution in [0.3, 0.4) is 0 Å². The number of alkyl halides is 3. The second-order valence-electron chi connectivity index (χ2n) is 3.42. The molecule has 84 valence electrons. The number of rotatable bonds is 3. The molecule has 1 heterocycles. The van der Waals surface area contributed by atoms with E-state index in [2.05, 4.69) is 4.98 Å². The van der Waals surface area contributed by atoms with Gasteiger partial charge in [0.2, 0.25) is 0 Å². The van der Waals surface area contributed by atoms with Crippen LogP contribution < -0.4 is 5.73 Å². The van der Waals surface area contributed by atoms with Gasteiger partial charge in [-0.2, -0.15) is 13.2 Å². The van der Waals surface area contributed by atoms with E-state index in [9.17, 15) is 13.2 Å². The second kappa shape index (κ2) is 4.61. The van der Waals surface area contributed by atoms with E-state index in [0.29, 0.717) is 13.0 Å². The quantitative estimate of drug-likeness (QED) is 0.846. The molecule has 1 rings (SSSR count). The van der Waals surface area contributed by atoms with Gasteiger partial charge in [-0.3, -0.25) is 4.98 Å². The Morgan fingerprint density at radius 2 is 2.13 bits per heavy atom. The highest BCUT2D eigenvalue weighted by molar-refractivity contribution is 5.25. The molecule has 0 radical (unpaired) electrons. The molecule has 1 aromatic heterocycles. The molecule has 0 aliphatic rings. The predicted octanol–water partition coefficient (Wildman–Crippen LogP) is 2.55. The Morgan fingerprint density at radius 3 is 2.67 bits per heavy atom. The van der Waals surface area contributed by atoms with Crippen molar-refractivity contribution in [2.24, 2.45) is 5.73 Å². The van der Waals surface area contributed by atoms with Crippen LogP contribution in [-0.4, -0.2) is 11.5 Å². The molecule has 0 bridgehead atoms. The largest absolute Gasteiger partial charge is 0.433 e. The number of aromatic nitrogens is 1. The van der Waals surface area contributed by atoms with E-state index >= 15 is 0 Å². The van der Waals surface area contributed by atoms with E-state index in [1.165, 1.54) is 12.1 Å². The topological polar surface area (TPSA) is 38.9 Å². The first kappa shape index (κ1) is 12.0. The van der Waals surface area contributed by atoms with Gasteiger partial charge in [0, 0.05) is 6.20 Å². The summed E-state index contributed by atoms with van der Waals surface area (Å²) in [6.07, 6.45) is -2.71. The minimum absolute atomic E-state index is 0.218. The summed E-state index contributed by atoms with van der Waals surface area (Å²) in [4.78, 5) is 3.39. The number of nitrogens with two attached hydrogens (primary N) is 1. The van der Waals surface area contributed by atoms with Crippen LogP contribution in [0.15, 0.2) is 18.3 Å². The lowest BCUT2D eigenvalue weighted by Gasteiger charge is -2.16. The third-order valence-corrected chi connectivity index (χ3v) is 2.24. The maximum absolute atomic E-state index is 12.6. The highest BCUT2D eigenvalue weighted by Gasteiger charge is 2.35. The molecule has 1 aromatic rings. The summed E-state index contributed by atoms with van der Waals surface area (Å²) < 4.78 is 37.7. The van der Waals surface area contributed by atoms with E-state index in [4.69, 9.17) is 5.73 Å². The third-order valence-electron chi connectivity index (χ3n) is 2.24. The molecule has 0 aliphatic heterocycles. The fourth-order valence-electron chi connectivity index (χ4n) is 1.46. The summed E-state index contributed by atoms with van der Waals surface area (Å²) in [5.74, 6) is -0.222. The van der Waals surface area contributed by atoms with Crippen LogP contribution >= 0.6 is 0 Å². The van der Waals surface area contributed by atoms with Crippen molar-refractivity contribution in [1.82, 2.24) is 4.98 Å². The minimum Gasteiger partial charge on any atom is -0.330 e. The summed E-state index contributed by atoms with van der Waals surface area (Å²) in [5, 5.41) is 0. The zero-order chi connectivity index (χ0) is 11.5. The van der Waals surface area contributed by atoms with Crippen LogP contribution in [0.2, 0.25) is 0 Å². The Bertz CT molecular complexity index is 323. The Labute approximate surface area is 86.3 Å². The lowest BCUT2D eigenvalue weighted by atomic mass is 9.96. The van der Waals surface area contributed by atoms with Crippen LogP contribution in [0.5, 0.6) is 0 Å². The van der Waals surface area contributed by atoms with Gasteiger partial charge in [0.05, 0.1) is 0 Å². The number of hydrogen-bond donors (Lipinski definition) is 1. The van der Waals surface area contributed by atoms with Gasteiger partial charge < -0.3 is 5.73 Å². The van der Waals surface area contributed by atoms with Crippen LogP contribution in [0, 0.1) is 0 Å². The van der Waals surface area contributed by atoms with E-state index < -0.39 is 11.9 Å². The zero-order valence-electron chi connectivity index (χ0n) is 8.38. The van der Waals surface area contributed by atoms with Crippen LogP contribution in [0.4, 0.5) is 13.2 Å². The molecule has 0 amide bonds. The summed E-state index contributed by atoms with van der Waals surface area (Å²) >= 11 is 0. The molecule has 0 spiro atoms.